The van der Waals surface area contributed by atoms with Crippen molar-refractivity contribution in [3.63, 3.8) is 0 Å². The van der Waals surface area contributed by atoms with Crippen molar-refractivity contribution >= 4 is 17.2 Å². The molecule has 3 nitrogen and oxygen atoms in total. The summed E-state index contributed by atoms with van der Waals surface area (Å²) in [7, 11) is 0. The minimum Gasteiger partial charge on any atom is -0.336 e. The number of hydrogen-bond acceptors (Lipinski definition) is 3. The van der Waals surface area contributed by atoms with Crippen LogP contribution in [-0.4, -0.2) is 40.9 Å². The fourth-order valence-corrected chi connectivity index (χ4v) is 5.19. The summed E-state index contributed by atoms with van der Waals surface area (Å²) < 4.78 is 0. The minimum absolute atomic E-state index is 0.333. The lowest BCUT2D eigenvalue weighted by Gasteiger charge is -2.40. The topological polar surface area (TPSA) is 23.6 Å². The van der Waals surface area contributed by atoms with E-state index in [4.69, 9.17) is 0 Å². The largest absolute Gasteiger partial charge is 0.336 e. The van der Waals surface area contributed by atoms with E-state index in [9.17, 15) is 4.79 Å². The van der Waals surface area contributed by atoms with Crippen LogP contribution in [0.15, 0.2) is 12.1 Å². The van der Waals surface area contributed by atoms with Crippen LogP contribution in [0.1, 0.15) is 61.7 Å². The standard InChI is InChI=1S/C18H28N2OS/c1-13-6-4-7-14(2)20(13)18(21)12-19-11-5-8-16(19)17-10-9-15(3)22-17/h9-10,13-14,16H,4-8,11-12H2,1-3H3. The highest BCUT2D eigenvalue weighted by atomic mass is 32.1. The normalized spacial score (nSPS) is 30.0. The molecular weight excluding hydrogens is 292 g/mol. The molecule has 0 bridgehead atoms. The predicted octanol–water partition coefficient (Wildman–Crippen LogP) is 3.98. The molecule has 3 unspecified atom stereocenters. The number of rotatable bonds is 3. The lowest BCUT2D eigenvalue weighted by Crippen LogP contribution is -2.51. The molecule has 1 amide bonds. The Labute approximate surface area is 138 Å². The van der Waals surface area contributed by atoms with Crippen molar-refractivity contribution in [2.75, 3.05) is 13.1 Å². The van der Waals surface area contributed by atoms with Gasteiger partial charge in [0.25, 0.3) is 0 Å². The van der Waals surface area contributed by atoms with Crippen LogP contribution >= 0.6 is 11.3 Å². The molecule has 0 radical (unpaired) electrons. The molecular formula is C18H28N2OS. The first-order chi connectivity index (χ1) is 10.6. The van der Waals surface area contributed by atoms with Gasteiger partial charge in [-0.05, 0) is 71.6 Å². The van der Waals surface area contributed by atoms with Crippen LogP contribution in [0.3, 0.4) is 0 Å². The molecule has 4 heteroatoms. The molecule has 1 aromatic heterocycles. The Morgan fingerprint density at radius 2 is 1.91 bits per heavy atom. The Morgan fingerprint density at radius 3 is 2.55 bits per heavy atom. The zero-order chi connectivity index (χ0) is 15.7. The molecule has 2 aliphatic rings. The number of piperidine rings is 1. The second-order valence-electron chi connectivity index (χ2n) is 7.01. The van der Waals surface area contributed by atoms with E-state index in [0.29, 0.717) is 30.6 Å². The fraction of sp³-hybridized carbons (Fsp3) is 0.722. The second kappa shape index (κ2) is 6.71. The predicted molar refractivity (Wildman–Crippen MR) is 92.2 cm³/mol. The summed E-state index contributed by atoms with van der Waals surface area (Å²) in [5, 5.41) is 0. The highest BCUT2D eigenvalue weighted by Gasteiger charge is 2.33. The zero-order valence-electron chi connectivity index (χ0n) is 14.0. The lowest BCUT2D eigenvalue weighted by molar-refractivity contribution is -0.138. The van der Waals surface area contributed by atoms with Gasteiger partial charge in [0.2, 0.25) is 5.91 Å². The van der Waals surface area contributed by atoms with Gasteiger partial charge in [0, 0.05) is 27.9 Å². The van der Waals surface area contributed by atoms with Gasteiger partial charge in [-0.15, -0.1) is 11.3 Å². The maximum atomic E-state index is 12.8. The SMILES string of the molecule is Cc1ccc(C2CCCN2CC(=O)N2C(C)CCCC2C)s1. The smallest absolute Gasteiger partial charge is 0.237 e. The number of carbonyl (C=O) groups is 1. The molecule has 2 aliphatic heterocycles. The lowest BCUT2D eigenvalue weighted by atomic mass is 9.97. The van der Waals surface area contributed by atoms with Crippen LogP contribution in [0.2, 0.25) is 0 Å². The summed E-state index contributed by atoms with van der Waals surface area (Å²) in [5.41, 5.74) is 0. The Kier molecular flexibility index (Phi) is 4.88. The van der Waals surface area contributed by atoms with Crippen molar-refractivity contribution < 1.29 is 4.79 Å². The Morgan fingerprint density at radius 1 is 1.18 bits per heavy atom. The Balaban J connectivity index is 1.67. The van der Waals surface area contributed by atoms with E-state index in [1.54, 1.807) is 0 Å². The molecule has 2 saturated heterocycles. The summed E-state index contributed by atoms with van der Waals surface area (Å²) in [6.45, 7) is 8.23. The van der Waals surface area contributed by atoms with Crippen LogP contribution in [0.5, 0.6) is 0 Å². The third-order valence-corrected chi connectivity index (χ3v) is 6.38. The number of carbonyl (C=O) groups excluding carboxylic acids is 1. The third kappa shape index (κ3) is 3.23. The van der Waals surface area contributed by atoms with Gasteiger partial charge >= 0.3 is 0 Å². The summed E-state index contributed by atoms with van der Waals surface area (Å²) in [6, 6.07) is 5.72. The number of amides is 1. The fourth-order valence-electron chi connectivity index (χ4n) is 4.14. The Hall–Kier alpha value is -0.870. The maximum Gasteiger partial charge on any atom is 0.237 e. The van der Waals surface area contributed by atoms with Crippen LogP contribution in [0.25, 0.3) is 0 Å². The van der Waals surface area contributed by atoms with Crippen molar-refractivity contribution in [2.24, 2.45) is 0 Å². The number of hydrogen-bond donors (Lipinski definition) is 0. The van der Waals surface area contributed by atoms with E-state index < -0.39 is 0 Å². The van der Waals surface area contributed by atoms with Crippen LogP contribution < -0.4 is 0 Å². The molecule has 3 atom stereocenters. The number of nitrogens with zero attached hydrogens (tertiary/aromatic N) is 2. The van der Waals surface area contributed by atoms with Crippen molar-refractivity contribution in [1.29, 1.82) is 0 Å². The van der Waals surface area contributed by atoms with E-state index in [-0.39, 0.29) is 0 Å². The van der Waals surface area contributed by atoms with Gasteiger partial charge < -0.3 is 4.90 Å². The van der Waals surface area contributed by atoms with Crippen LogP contribution in [0.4, 0.5) is 0 Å². The highest BCUT2D eigenvalue weighted by Crippen LogP contribution is 2.36. The number of likely N-dealkylation sites (tertiary alicyclic amines) is 2. The van der Waals surface area contributed by atoms with Gasteiger partial charge in [-0.2, -0.15) is 0 Å². The van der Waals surface area contributed by atoms with Crippen molar-refractivity contribution in [3.05, 3.63) is 21.9 Å². The summed E-state index contributed by atoms with van der Waals surface area (Å²) in [5.74, 6) is 0.333. The molecule has 0 spiro atoms. The van der Waals surface area contributed by atoms with Gasteiger partial charge in [0.05, 0.1) is 6.54 Å². The molecule has 0 N–H and O–H groups in total. The van der Waals surface area contributed by atoms with Crippen molar-refractivity contribution in [2.45, 2.75) is 71.0 Å². The van der Waals surface area contributed by atoms with Crippen LogP contribution in [0, 0.1) is 6.92 Å². The zero-order valence-corrected chi connectivity index (χ0v) is 14.9. The quantitative estimate of drug-likeness (QED) is 0.841. The molecule has 22 heavy (non-hydrogen) atoms. The van der Waals surface area contributed by atoms with Gasteiger partial charge in [-0.3, -0.25) is 9.69 Å². The van der Waals surface area contributed by atoms with Gasteiger partial charge in [0.15, 0.2) is 0 Å². The van der Waals surface area contributed by atoms with E-state index in [0.717, 1.165) is 19.4 Å². The summed E-state index contributed by atoms with van der Waals surface area (Å²) >= 11 is 1.89. The second-order valence-corrected chi connectivity index (χ2v) is 8.33. The van der Waals surface area contributed by atoms with Crippen molar-refractivity contribution in [1.82, 2.24) is 9.80 Å². The first kappa shape index (κ1) is 16.0. The number of thiophene rings is 1. The van der Waals surface area contributed by atoms with Gasteiger partial charge in [-0.1, -0.05) is 0 Å². The van der Waals surface area contributed by atoms with Crippen LogP contribution in [-0.2, 0) is 4.79 Å². The third-order valence-electron chi connectivity index (χ3n) is 5.27. The van der Waals surface area contributed by atoms with E-state index in [1.165, 1.54) is 29.0 Å². The molecule has 2 fully saturated rings. The average Bonchev–Trinajstić information content (AvgIpc) is 3.07. The van der Waals surface area contributed by atoms with Gasteiger partial charge in [-0.25, -0.2) is 0 Å². The van der Waals surface area contributed by atoms with E-state index in [1.807, 2.05) is 11.3 Å². The molecule has 0 aliphatic carbocycles. The molecule has 3 rings (SSSR count). The number of aryl methyl sites for hydroxylation is 1. The first-order valence-corrected chi connectivity index (χ1v) is 9.49. The summed E-state index contributed by atoms with van der Waals surface area (Å²) in [6.07, 6.45) is 5.97. The Bertz CT molecular complexity index is 517. The first-order valence-electron chi connectivity index (χ1n) is 8.68. The minimum atomic E-state index is 0.333. The molecule has 0 saturated carbocycles. The monoisotopic (exact) mass is 320 g/mol. The maximum absolute atomic E-state index is 12.8. The highest BCUT2D eigenvalue weighted by molar-refractivity contribution is 7.12. The molecule has 1 aromatic rings. The molecule has 0 aromatic carbocycles. The van der Waals surface area contributed by atoms with Crippen molar-refractivity contribution in [3.8, 4) is 0 Å². The van der Waals surface area contributed by atoms with E-state index >= 15 is 0 Å². The summed E-state index contributed by atoms with van der Waals surface area (Å²) in [4.78, 5) is 20.2. The average molecular weight is 321 g/mol. The molecule has 3 heterocycles. The van der Waals surface area contributed by atoms with E-state index in [2.05, 4.69) is 42.7 Å². The van der Waals surface area contributed by atoms with Gasteiger partial charge in [0.1, 0.15) is 0 Å². The molecule has 122 valence electrons.